The summed E-state index contributed by atoms with van der Waals surface area (Å²) in [5.74, 6) is 0.579. The van der Waals surface area contributed by atoms with Crippen molar-refractivity contribution >= 4 is 28.1 Å². The summed E-state index contributed by atoms with van der Waals surface area (Å²) in [7, 11) is 0. The molecule has 1 heterocycles. The lowest BCUT2D eigenvalue weighted by molar-refractivity contribution is 0.298. The van der Waals surface area contributed by atoms with Gasteiger partial charge in [-0.1, -0.05) is 42.4 Å². The number of aromatic nitrogens is 1. The molecule has 0 atom stereocenters. The van der Waals surface area contributed by atoms with Crippen LogP contribution >= 0.6 is 11.6 Å². The Bertz CT molecular complexity index is 536. The Morgan fingerprint density at radius 3 is 2.75 bits per heavy atom. The smallest absolute Gasteiger partial charge is 0.138 e. The van der Waals surface area contributed by atoms with E-state index in [-0.39, 0.29) is 0 Å². The van der Waals surface area contributed by atoms with Crippen LogP contribution in [0.1, 0.15) is 12.6 Å². The molecule has 0 unspecified atom stereocenters. The van der Waals surface area contributed by atoms with Crippen molar-refractivity contribution in [3.8, 4) is 0 Å². The van der Waals surface area contributed by atoms with Crippen molar-refractivity contribution in [1.29, 1.82) is 0 Å². The van der Waals surface area contributed by atoms with Gasteiger partial charge in [0.25, 0.3) is 0 Å². The number of ether oxygens (including phenoxy) is 1. The van der Waals surface area contributed by atoms with Crippen molar-refractivity contribution in [2.45, 2.75) is 6.92 Å². The Labute approximate surface area is 99.5 Å². The first-order chi connectivity index (χ1) is 7.74. The van der Waals surface area contributed by atoms with Crippen molar-refractivity contribution < 1.29 is 4.74 Å². The Morgan fingerprint density at radius 1 is 1.38 bits per heavy atom. The maximum absolute atomic E-state index is 6.08. The first-order valence-electron chi connectivity index (χ1n) is 5.09. The number of benzene rings is 1. The average Bonchev–Trinajstić information content (AvgIpc) is 2.30. The molecule has 0 amide bonds. The molecule has 2 rings (SSSR count). The quantitative estimate of drug-likeness (QED) is 0.751. The van der Waals surface area contributed by atoms with E-state index in [9.17, 15) is 0 Å². The van der Waals surface area contributed by atoms with E-state index >= 15 is 0 Å². The second kappa shape index (κ2) is 4.54. The Morgan fingerprint density at radius 2 is 2.06 bits per heavy atom. The monoisotopic (exact) mass is 233 g/mol. The molecule has 16 heavy (non-hydrogen) atoms. The van der Waals surface area contributed by atoms with E-state index in [2.05, 4.69) is 11.6 Å². The van der Waals surface area contributed by atoms with E-state index in [4.69, 9.17) is 16.3 Å². The third-order valence-corrected chi connectivity index (χ3v) is 2.63. The zero-order chi connectivity index (χ0) is 11.5. The van der Waals surface area contributed by atoms with Crippen LogP contribution in [0.25, 0.3) is 16.5 Å². The van der Waals surface area contributed by atoms with E-state index < -0.39 is 0 Å². The molecule has 3 heteroatoms. The van der Waals surface area contributed by atoms with Crippen molar-refractivity contribution in [2.75, 3.05) is 6.61 Å². The largest absolute Gasteiger partial charge is 0.492 e. The predicted octanol–water partition coefficient (Wildman–Crippen LogP) is 3.90. The molecular weight excluding hydrogens is 222 g/mol. The molecule has 1 aromatic heterocycles. The van der Waals surface area contributed by atoms with Gasteiger partial charge in [-0.25, -0.2) is 0 Å². The molecular formula is C13H12ClNO. The maximum Gasteiger partial charge on any atom is 0.138 e. The zero-order valence-electron chi connectivity index (χ0n) is 9.03. The third kappa shape index (κ3) is 1.89. The van der Waals surface area contributed by atoms with Gasteiger partial charge in [-0.05, 0) is 6.92 Å². The molecule has 0 saturated carbocycles. The van der Waals surface area contributed by atoms with Crippen molar-refractivity contribution in [1.82, 2.24) is 4.98 Å². The van der Waals surface area contributed by atoms with Crippen LogP contribution < -0.4 is 0 Å². The summed E-state index contributed by atoms with van der Waals surface area (Å²) in [5, 5.41) is 2.58. The zero-order valence-corrected chi connectivity index (χ0v) is 9.79. The second-order valence-electron chi connectivity index (χ2n) is 3.36. The van der Waals surface area contributed by atoms with Crippen LogP contribution in [0.3, 0.4) is 0 Å². The van der Waals surface area contributed by atoms with E-state index in [0.717, 1.165) is 16.5 Å². The Kier molecular flexibility index (Phi) is 3.11. The molecule has 1 aromatic carbocycles. The minimum absolute atomic E-state index is 0.579. The number of rotatable bonds is 3. The lowest BCUT2D eigenvalue weighted by atomic mass is 10.1. The van der Waals surface area contributed by atoms with Crippen LogP contribution in [-0.2, 0) is 4.74 Å². The summed E-state index contributed by atoms with van der Waals surface area (Å²) in [6, 6.07) is 7.82. The maximum atomic E-state index is 6.08. The fourth-order valence-electron chi connectivity index (χ4n) is 1.62. The van der Waals surface area contributed by atoms with Crippen LogP contribution in [0.15, 0.2) is 37.0 Å². The molecule has 2 nitrogen and oxygen atoms in total. The van der Waals surface area contributed by atoms with Gasteiger partial charge in [0.1, 0.15) is 11.5 Å². The highest BCUT2D eigenvalue weighted by Crippen LogP contribution is 2.27. The van der Waals surface area contributed by atoms with Gasteiger partial charge < -0.3 is 4.74 Å². The molecule has 82 valence electrons. The molecule has 0 saturated heterocycles. The topological polar surface area (TPSA) is 22.1 Å². The molecule has 0 N–H and O–H groups in total. The Hall–Kier alpha value is -1.54. The second-order valence-corrected chi connectivity index (χ2v) is 3.76. The molecule has 0 spiro atoms. The summed E-state index contributed by atoms with van der Waals surface area (Å²) >= 11 is 6.08. The fourth-order valence-corrected chi connectivity index (χ4v) is 1.84. The molecule has 0 aliphatic carbocycles. The van der Waals surface area contributed by atoms with Crippen LogP contribution in [0.5, 0.6) is 0 Å². The number of nitrogens with zero attached hydrogens (tertiary/aromatic N) is 1. The average molecular weight is 234 g/mol. The van der Waals surface area contributed by atoms with Crippen molar-refractivity contribution in [3.05, 3.63) is 47.8 Å². The summed E-state index contributed by atoms with van der Waals surface area (Å²) in [4.78, 5) is 4.27. The number of hydrogen-bond acceptors (Lipinski definition) is 2. The highest BCUT2D eigenvalue weighted by molar-refractivity contribution is 6.35. The van der Waals surface area contributed by atoms with Gasteiger partial charge in [0.05, 0.1) is 11.6 Å². The van der Waals surface area contributed by atoms with Gasteiger partial charge >= 0.3 is 0 Å². The van der Waals surface area contributed by atoms with Crippen molar-refractivity contribution in [3.63, 3.8) is 0 Å². The molecule has 0 radical (unpaired) electrons. The summed E-state index contributed by atoms with van der Waals surface area (Å²) in [6.45, 7) is 6.37. The number of pyridine rings is 1. The standard InChI is InChI=1S/C13H12ClNO/c1-3-16-9(2)13-11-7-5-4-6-10(11)12(14)8-15-13/h4-8H,2-3H2,1H3. The van der Waals surface area contributed by atoms with Gasteiger partial charge in [-0.15, -0.1) is 0 Å². The summed E-state index contributed by atoms with van der Waals surface area (Å²) in [6.07, 6.45) is 1.63. The number of halogens is 1. The first-order valence-corrected chi connectivity index (χ1v) is 5.47. The summed E-state index contributed by atoms with van der Waals surface area (Å²) in [5.41, 5.74) is 0.752. The molecule has 0 fully saturated rings. The van der Waals surface area contributed by atoms with E-state index in [0.29, 0.717) is 17.4 Å². The van der Waals surface area contributed by atoms with Gasteiger partial charge in [0.15, 0.2) is 0 Å². The third-order valence-electron chi connectivity index (χ3n) is 2.33. The van der Waals surface area contributed by atoms with Crippen LogP contribution in [0.4, 0.5) is 0 Å². The van der Waals surface area contributed by atoms with Crippen molar-refractivity contribution in [2.24, 2.45) is 0 Å². The minimum atomic E-state index is 0.579. The van der Waals surface area contributed by atoms with Gasteiger partial charge in [-0.2, -0.15) is 0 Å². The normalized spacial score (nSPS) is 10.4. The lowest BCUT2D eigenvalue weighted by Crippen LogP contribution is -1.95. The van der Waals surface area contributed by atoms with Crippen LogP contribution in [-0.4, -0.2) is 11.6 Å². The van der Waals surface area contributed by atoms with Gasteiger partial charge in [0, 0.05) is 17.0 Å². The van der Waals surface area contributed by atoms with Crippen LogP contribution in [0.2, 0.25) is 5.02 Å². The number of fused-ring (bicyclic) bond motifs is 1. The molecule has 2 aromatic rings. The minimum Gasteiger partial charge on any atom is -0.492 e. The van der Waals surface area contributed by atoms with Crippen LogP contribution in [0, 0.1) is 0 Å². The molecule has 0 bridgehead atoms. The Balaban J connectivity index is 2.63. The van der Waals surface area contributed by atoms with E-state index in [1.165, 1.54) is 0 Å². The fraction of sp³-hybridized carbons (Fsp3) is 0.154. The van der Waals surface area contributed by atoms with E-state index in [1.807, 2.05) is 31.2 Å². The SMILES string of the molecule is C=C(OCC)c1ncc(Cl)c2ccccc12. The molecule has 0 aliphatic rings. The molecule has 0 aliphatic heterocycles. The highest BCUT2D eigenvalue weighted by Gasteiger charge is 2.08. The lowest BCUT2D eigenvalue weighted by Gasteiger charge is -2.09. The summed E-state index contributed by atoms with van der Waals surface area (Å²) < 4.78 is 5.38. The van der Waals surface area contributed by atoms with Gasteiger partial charge in [-0.3, -0.25) is 4.98 Å². The van der Waals surface area contributed by atoms with E-state index in [1.54, 1.807) is 6.20 Å². The predicted molar refractivity (Wildman–Crippen MR) is 67.4 cm³/mol. The first kappa shape index (κ1) is 11.0. The van der Waals surface area contributed by atoms with Gasteiger partial charge in [0.2, 0.25) is 0 Å². The number of hydrogen-bond donors (Lipinski definition) is 0. The highest BCUT2D eigenvalue weighted by atomic mass is 35.5.